The van der Waals surface area contributed by atoms with Crippen LogP contribution in [0.3, 0.4) is 0 Å². The van der Waals surface area contributed by atoms with Gasteiger partial charge < -0.3 is 14.4 Å². The maximum Gasteiger partial charge on any atom is 0.324 e. The van der Waals surface area contributed by atoms with Crippen molar-refractivity contribution in [2.24, 2.45) is 5.92 Å². The molecule has 250 valence electrons. The van der Waals surface area contributed by atoms with E-state index in [4.69, 9.17) is 21.1 Å². The number of nitrogens with zero attached hydrogens (tertiary/aromatic N) is 3. The first-order valence-corrected chi connectivity index (χ1v) is 17.5. The number of carbonyl (C=O) groups is 2. The molecule has 1 aliphatic carbocycles. The van der Waals surface area contributed by atoms with Gasteiger partial charge in [-0.25, -0.2) is 4.39 Å². The molecule has 2 aromatic rings. The summed E-state index contributed by atoms with van der Waals surface area (Å²) in [5.74, 6) is -1.13. The fraction of sp³-hybridized carbons (Fsp3) is 0.622. The first kappa shape index (κ1) is 33.4. The van der Waals surface area contributed by atoms with Crippen LogP contribution in [0, 0.1) is 11.7 Å². The number of ether oxygens (including phenoxy) is 2. The third-order valence-electron chi connectivity index (χ3n) is 10.4. The zero-order valence-electron chi connectivity index (χ0n) is 27.8. The van der Waals surface area contributed by atoms with Gasteiger partial charge in [0, 0.05) is 69.0 Å². The van der Waals surface area contributed by atoms with Crippen molar-refractivity contribution in [3.8, 4) is 0 Å². The molecule has 3 fully saturated rings. The summed E-state index contributed by atoms with van der Waals surface area (Å²) in [5, 5.41) is 0.354. The van der Waals surface area contributed by atoms with Crippen LogP contribution in [0.25, 0.3) is 0 Å². The third-order valence-corrected chi connectivity index (χ3v) is 10.6. The second-order valence-corrected chi connectivity index (χ2v) is 15.2. The van der Waals surface area contributed by atoms with E-state index in [-0.39, 0.29) is 35.6 Å². The molecule has 0 spiro atoms. The number of hydrogen-bond donors (Lipinski definition) is 0. The zero-order valence-corrected chi connectivity index (χ0v) is 28.5. The lowest BCUT2D eigenvalue weighted by molar-refractivity contribution is -0.163. The number of aryl methyl sites for hydroxylation is 2. The van der Waals surface area contributed by atoms with E-state index in [9.17, 15) is 9.59 Å². The van der Waals surface area contributed by atoms with Crippen LogP contribution in [0.5, 0.6) is 0 Å². The molecule has 6 rings (SSSR count). The summed E-state index contributed by atoms with van der Waals surface area (Å²) in [6.45, 7) is 12.1. The van der Waals surface area contributed by atoms with Gasteiger partial charge >= 0.3 is 5.97 Å². The van der Waals surface area contributed by atoms with Gasteiger partial charge in [-0.1, -0.05) is 35.9 Å². The predicted octanol–water partition coefficient (Wildman–Crippen LogP) is 5.65. The smallest absolute Gasteiger partial charge is 0.324 e. The summed E-state index contributed by atoms with van der Waals surface area (Å²) in [6.07, 6.45) is 5.80. The Morgan fingerprint density at radius 1 is 1.02 bits per heavy atom. The van der Waals surface area contributed by atoms with E-state index < -0.39 is 11.6 Å². The molecule has 3 heterocycles. The van der Waals surface area contributed by atoms with E-state index in [0.29, 0.717) is 69.0 Å². The Balaban J connectivity index is 1.20. The van der Waals surface area contributed by atoms with Gasteiger partial charge in [-0.2, -0.15) is 0 Å². The molecule has 2 aromatic carbocycles. The number of rotatable bonds is 7. The van der Waals surface area contributed by atoms with Crippen LogP contribution >= 0.6 is 11.6 Å². The van der Waals surface area contributed by atoms with Crippen molar-refractivity contribution in [1.29, 1.82) is 0 Å². The third kappa shape index (κ3) is 7.46. The predicted molar refractivity (Wildman–Crippen MR) is 178 cm³/mol. The molecule has 0 bridgehead atoms. The Hall–Kier alpha value is -2.52. The van der Waals surface area contributed by atoms with Crippen molar-refractivity contribution in [3.63, 3.8) is 0 Å². The van der Waals surface area contributed by atoms with Gasteiger partial charge in [-0.15, -0.1) is 0 Å². The second-order valence-electron chi connectivity index (χ2n) is 14.8. The standard InChI is InChI=1S/C37H49ClFN3O4/c1-24-21-40(34(36(44)46-37(2,3)4)19-25-8-9-26-6-5-7-27(26)18-25)14-15-42(24)35(43)32-23-41(29-12-16-45-17-13-29)22-31(32)30-11-10-28(38)20-33(30)39/h8-11,18,20,24,29,31-32,34H,5-7,12-17,19,21-23H2,1-4H3/t24-,31-,32+,34-/m0/s1. The highest BCUT2D eigenvalue weighted by atomic mass is 35.5. The minimum absolute atomic E-state index is 0.0634. The minimum atomic E-state index is -0.596. The van der Waals surface area contributed by atoms with E-state index in [1.54, 1.807) is 12.1 Å². The molecule has 1 amide bonds. The molecule has 0 N–H and O–H groups in total. The lowest BCUT2D eigenvalue weighted by Crippen LogP contribution is -2.60. The number of benzene rings is 2. The number of fused-ring (bicyclic) bond motifs is 1. The van der Waals surface area contributed by atoms with Crippen LogP contribution in [0.2, 0.25) is 5.02 Å². The molecule has 0 saturated carbocycles. The first-order chi connectivity index (χ1) is 22.0. The second kappa shape index (κ2) is 13.9. The van der Waals surface area contributed by atoms with Crippen molar-refractivity contribution in [3.05, 3.63) is 69.5 Å². The Labute approximate surface area is 278 Å². The average Bonchev–Trinajstić information content (AvgIpc) is 3.66. The van der Waals surface area contributed by atoms with Crippen LogP contribution in [-0.2, 0) is 38.3 Å². The number of likely N-dealkylation sites (tertiary alicyclic amines) is 1. The molecular weight excluding hydrogens is 605 g/mol. The zero-order chi connectivity index (χ0) is 32.6. The Kier molecular flexibility index (Phi) is 10.1. The summed E-state index contributed by atoms with van der Waals surface area (Å²) in [5.41, 5.74) is 3.92. The quantitative estimate of drug-likeness (QED) is 0.360. The highest BCUT2D eigenvalue weighted by molar-refractivity contribution is 6.30. The van der Waals surface area contributed by atoms with Gasteiger partial charge in [0.1, 0.15) is 17.5 Å². The Morgan fingerprint density at radius 3 is 2.50 bits per heavy atom. The number of piperazine rings is 1. The van der Waals surface area contributed by atoms with Crippen molar-refractivity contribution >= 4 is 23.5 Å². The van der Waals surface area contributed by atoms with Gasteiger partial charge in [0.25, 0.3) is 0 Å². The first-order valence-electron chi connectivity index (χ1n) is 17.1. The van der Waals surface area contributed by atoms with Crippen LogP contribution in [0.15, 0.2) is 36.4 Å². The number of amides is 1. The van der Waals surface area contributed by atoms with Crippen molar-refractivity contribution < 1.29 is 23.5 Å². The van der Waals surface area contributed by atoms with Gasteiger partial charge in [0.05, 0.1) is 5.92 Å². The largest absolute Gasteiger partial charge is 0.459 e. The summed E-state index contributed by atoms with van der Waals surface area (Å²) in [4.78, 5) is 34.6. The molecule has 7 nitrogen and oxygen atoms in total. The molecule has 0 unspecified atom stereocenters. The average molecular weight is 654 g/mol. The molecule has 4 atom stereocenters. The van der Waals surface area contributed by atoms with Crippen molar-refractivity contribution in [2.45, 2.75) is 95.9 Å². The van der Waals surface area contributed by atoms with Crippen molar-refractivity contribution in [1.82, 2.24) is 14.7 Å². The minimum Gasteiger partial charge on any atom is -0.459 e. The fourth-order valence-electron chi connectivity index (χ4n) is 8.07. The Morgan fingerprint density at radius 2 is 1.78 bits per heavy atom. The van der Waals surface area contributed by atoms with Gasteiger partial charge in [0.15, 0.2) is 0 Å². The van der Waals surface area contributed by atoms with Gasteiger partial charge in [0.2, 0.25) is 5.91 Å². The fourth-order valence-corrected chi connectivity index (χ4v) is 8.23. The molecule has 46 heavy (non-hydrogen) atoms. The van der Waals surface area contributed by atoms with Gasteiger partial charge in [-0.3, -0.25) is 19.4 Å². The lowest BCUT2D eigenvalue weighted by atomic mass is 9.87. The summed E-state index contributed by atoms with van der Waals surface area (Å²) >= 11 is 6.11. The van der Waals surface area contributed by atoms with Gasteiger partial charge in [-0.05, 0) is 101 Å². The topological polar surface area (TPSA) is 62.3 Å². The number of esters is 1. The maximum absolute atomic E-state index is 15.3. The number of hydrogen-bond acceptors (Lipinski definition) is 6. The highest BCUT2D eigenvalue weighted by Crippen LogP contribution is 2.39. The number of carbonyl (C=O) groups excluding carboxylic acids is 2. The summed E-state index contributed by atoms with van der Waals surface area (Å²) in [7, 11) is 0. The molecule has 3 saturated heterocycles. The summed E-state index contributed by atoms with van der Waals surface area (Å²) < 4.78 is 26.9. The van der Waals surface area contributed by atoms with E-state index >= 15 is 4.39 Å². The number of halogens is 2. The molecular formula is C37H49ClFN3O4. The molecule has 3 aliphatic heterocycles. The molecule has 4 aliphatic rings. The van der Waals surface area contributed by atoms with Crippen LogP contribution < -0.4 is 0 Å². The maximum atomic E-state index is 15.3. The Bertz CT molecular complexity index is 1420. The van der Waals surface area contributed by atoms with Crippen LogP contribution in [0.4, 0.5) is 4.39 Å². The van der Waals surface area contributed by atoms with Crippen molar-refractivity contribution in [2.75, 3.05) is 45.9 Å². The highest BCUT2D eigenvalue weighted by Gasteiger charge is 2.45. The van der Waals surface area contributed by atoms with E-state index in [1.165, 1.54) is 23.6 Å². The lowest BCUT2D eigenvalue weighted by Gasteiger charge is -2.44. The normalized spacial score (nSPS) is 25.4. The van der Waals surface area contributed by atoms with E-state index in [2.05, 4.69) is 34.9 Å². The SMILES string of the molecule is C[C@H]1CN([C@@H](Cc2ccc3c(c2)CCC3)C(=O)OC(C)(C)C)CCN1C(=O)[C@@H]1CN(C2CCOCC2)C[C@H]1c1ccc(Cl)cc1F. The monoisotopic (exact) mass is 653 g/mol. The van der Waals surface area contributed by atoms with E-state index in [0.717, 1.165) is 31.2 Å². The molecule has 0 aromatic heterocycles. The van der Waals surface area contributed by atoms with E-state index in [1.807, 2.05) is 25.7 Å². The van der Waals surface area contributed by atoms with Crippen LogP contribution in [0.1, 0.15) is 75.1 Å². The van der Waals surface area contributed by atoms with Crippen LogP contribution in [-0.4, -0.2) is 96.2 Å². The molecule has 0 radical (unpaired) electrons. The summed E-state index contributed by atoms with van der Waals surface area (Å²) in [6, 6.07) is 11.2. The molecule has 9 heteroatoms.